The summed E-state index contributed by atoms with van der Waals surface area (Å²) in [4.78, 5) is 37.3. The molecule has 1 N–H and O–H groups in total. The van der Waals surface area contributed by atoms with Gasteiger partial charge in [0.2, 0.25) is 0 Å². The van der Waals surface area contributed by atoms with Gasteiger partial charge < -0.3 is 15.0 Å². The molecule has 0 radical (unpaired) electrons. The zero-order valence-corrected chi connectivity index (χ0v) is 12.8. The fourth-order valence-corrected chi connectivity index (χ4v) is 2.31. The Morgan fingerprint density at radius 3 is 1.95 bits per heavy atom. The van der Waals surface area contributed by atoms with Crippen molar-refractivity contribution in [3.05, 3.63) is 0 Å². The fourth-order valence-electron chi connectivity index (χ4n) is 2.31. The molecule has 0 aromatic rings. The highest BCUT2D eigenvalue weighted by Gasteiger charge is 2.40. The highest BCUT2D eigenvalue weighted by Crippen LogP contribution is 2.33. The molecular formula is C14H24N2O4. The summed E-state index contributed by atoms with van der Waals surface area (Å²) < 4.78 is 4.67. The first-order valence-electron chi connectivity index (χ1n) is 7.00. The molecule has 0 bridgehead atoms. The third kappa shape index (κ3) is 3.95. The summed E-state index contributed by atoms with van der Waals surface area (Å²) >= 11 is 0. The lowest BCUT2D eigenvalue weighted by Gasteiger charge is -2.30. The molecule has 0 aliphatic heterocycles. The second-order valence-corrected chi connectivity index (χ2v) is 5.71. The number of esters is 1. The Balaban J connectivity index is 2.72. The molecule has 114 valence electrons. The molecule has 0 heterocycles. The Hall–Kier alpha value is -1.59. The molecule has 1 unspecified atom stereocenters. The maximum absolute atomic E-state index is 12.2. The van der Waals surface area contributed by atoms with E-state index in [9.17, 15) is 14.4 Å². The zero-order chi connectivity index (χ0) is 15.4. The van der Waals surface area contributed by atoms with E-state index in [-0.39, 0.29) is 18.0 Å². The van der Waals surface area contributed by atoms with Crippen molar-refractivity contribution in [2.75, 3.05) is 7.11 Å². The largest absolute Gasteiger partial charge is 0.467 e. The molecule has 1 fully saturated rings. The fraction of sp³-hybridized carbons (Fsp3) is 0.786. The van der Waals surface area contributed by atoms with Crippen LogP contribution in [0.15, 0.2) is 0 Å². The molecule has 2 amide bonds. The summed E-state index contributed by atoms with van der Waals surface area (Å²) in [5, 5.41) is 2.51. The first kappa shape index (κ1) is 16.5. The molecule has 0 spiro atoms. The second kappa shape index (κ2) is 6.72. The highest BCUT2D eigenvalue weighted by atomic mass is 16.5. The number of rotatable bonds is 5. The monoisotopic (exact) mass is 284 g/mol. The number of ether oxygens (including phenoxy) is 1. The van der Waals surface area contributed by atoms with E-state index in [1.165, 1.54) is 12.0 Å². The van der Waals surface area contributed by atoms with Crippen molar-refractivity contribution in [2.24, 2.45) is 5.92 Å². The van der Waals surface area contributed by atoms with Crippen molar-refractivity contribution in [2.45, 2.75) is 58.7 Å². The summed E-state index contributed by atoms with van der Waals surface area (Å²) in [6, 6.07) is -0.867. The molecule has 1 aliphatic carbocycles. The van der Waals surface area contributed by atoms with Gasteiger partial charge in [0.25, 0.3) is 0 Å². The summed E-state index contributed by atoms with van der Waals surface area (Å²) in [6.07, 6.45) is 1.73. The molecule has 0 aromatic carbocycles. The molecule has 6 nitrogen and oxygen atoms in total. The minimum atomic E-state index is -0.741. The second-order valence-electron chi connectivity index (χ2n) is 5.71. The van der Waals surface area contributed by atoms with Crippen LogP contribution < -0.4 is 5.32 Å². The average Bonchev–Trinajstić information content (AvgIpc) is 3.17. The molecule has 0 aromatic heterocycles. The summed E-state index contributed by atoms with van der Waals surface area (Å²) in [5.74, 6) is -1.75. The topological polar surface area (TPSA) is 75.7 Å². The molecule has 1 saturated carbocycles. The Morgan fingerprint density at radius 1 is 1.10 bits per heavy atom. The van der Waals surface area contributed by atoms with Crippen LogP contribution in [0.25, 0.3) is 0 Å². The predicted octanol–water partition coefficient (Wildman–Crippen LogP) is 0.700. The van der Waals surface area contributed by atoms with Crippen molar-refractivity contribution in [1.82, 2.24) is 10.2 Å². The van der Waals surface area contributed by atoms with Gasteiger partial charge in [0.15, 0.2) is 0 Å². The lowest BCUT2D eigenvalue weighted by Crippen LogP contribution is -2.53. The molecule has 20 heavy (non-hydrogen) atoms. The van der Waals surface area contributed by atoms with Crippen molar-refractivity contribution in [3.8, 4) is 0 Å². The minimum absolute atomic E-state index is 0.0780. The van der Waals surface area contributed by atoms with Crippen LogP contribution >= 0.6 is 0 Å². The quantitative estimate of drug-likeness (QED) is 0.595. The van der Waals surface area contributed by atoms with Gasteiger partial charge in [-0.1, -0.05) is 0 Å². The van der Waals surface area contributed by atoms with Gasteiger partial charge in [-0.2, -0.15) is 0 Å². The summed E-state index contributed by atoms with van der Waals surface area (Å²) in [5.41, 5.74) is 0. The number of carbonyl (C=O) groups excluding carboxylic acids is 3. The van der Waals surface area contributed by atoms with E-state index >= 15 is 0 Å². The van der Waals surface area contributed by atoms with E-state index in [2.05, 4.69) is 10.1 Å². The number of carbonyl (C=O) groups is 3. The van der Waals surface area contributed by atoms with Crippen LogP contribution in [0.3, 0.4) is 0 Å². The number of hydrogen-bond donors (Lipinski definition) is 1. The lowest BCUT2D eigenvalue weighted by molar-refractivity contribution is -0.151. The van der Waals surface area contributed by atoms with Gasteiger partial charge in [0, 0.05) is 12.1 Å². The van der Waals surface area contributed by atoms with Gasteiger partial charge in [0.1, 0.15) is 6.04 Å². The maximum Gasteiger partial charge on any atom is 0.328 e. The van der Waals surface area contributed by atoms with E-state index in [0.29, 0.717) is 0 Å². The first-order valence-corrected chi connectivity index (χ1v) is 7.00. The van der Waals surface area contributed by atoms with Crippen LogP contribution in [0.5, 0.6) is 0 Å². The standard InChI is InChI=1S/C14H24N2O4/c1-8(2)16(9(3)4)13(18)12(17)15-11(10-6-7-10)14(19)20-5/h8-11H,6-7H2,1-5H3,(H,15,17). The normalized spacial score (nSPS) is 15.9. The molecule has 0 saturated heterocycles. The van der Waals surface area contributed by atoms with Crippen LogP contribution in [-0.2, 0) is 19.1 Å². The number of hydrogen-bond acceptors (Lipinski definition) is 4. The van der Waals surface area contributed by atoms with Gasteiger partial charge in [0.05, 0.1) is 7.11 Å². The molecule has 1 rings (SSSR count). The third-order valence-corrected chi connectivity index (χ3v) is 3.38. The number of nitrogens with zero attached hydrogens (tertiary/aromatic N) is 1. The van der Waals surface area contributed by atoms with E-state index < -0.39 is 23.8 Å². The van der Waals surface area contributed by atoms with Gasteiger partial charge in [-0.15, -0.1) is 0 Å². The van der Waals surface area contributed by atoms with Crippen LogP contribution in [0, 0.1) is 5.92 Å². The first-order chi connectivity index (χ1) is 9.29. The minimum Gasteiger partial charge on any atom is -0.467 e. The summed E-state index contributed by atoms with van der Waals surface area (Å²) in [7, 11) is 1.28. The van der Waals surface area contributed by atoms with E-state index in [0.717, 1.165) is 12.8 Å². The van der Waals surface area contributed by atoms with Gasteiger partial charge in [-0.3, -0.25) is 9.59 Å². The van der Waals surface area contributed by atoms with Crippen molar-refractivity contribution in [3.63, 3.8) is 0 Å². The summed E-state index contributed by atoms with van der Waals surface area (Å²) in [6.45, 7) is 7.40. The Kier molecular flexibility index (Phi) is 5.53. The molecule has 1 atom stereocenters. The van der Waals surface area contributed by atoms with E-state index in [4.69, 9.17) is 0 Å². The van der Waals surface area contributed by atoms with Crippen LogP contribution in [0.4, 0.5) is 0 Å². The SMILES string of the molecule is COC(=O)C(NC(=O)C(=O)N(C(C)C)C(C)C)C1CC1. The number of methoxy groups -OCH3 is 1. The molecule has 6 heteroatoms. The Labute approximate surface area is 119 Å². The van der Waals surface area contributed by atoms with Crippen LogP contribution in [-0.4, -0.2) is 47.9 Å². The highest BCUT2D eigenvalue weighted by molar-refractivity contribution is 6.35. The zero-order valence-electron chi connectivity index (χ0n) is 12.8. The van der Waals surface area contributed by atoms with Gasteiger partial charge >= 0.3 is 17.8 Å². The van der Waals surface area contributed by atoms with E-state index in [1.54, 1.807) is 0 Å². The van der Waals surface area contributed by atoms with Crippen LogP contribution in [0.2, 0.25) is 0 Å². The third-order valence-electron chi connectivity index (χ3n) is 3.38. The van der Waals surface area contributed by atoms with Crippen LogP contribution in [0.1, 0.15) is 40.5 Å². The number of amides is 2. The van der Waals surface area contributed by atoms with Crippen molar-refractivity contribution in [1.29, 1.82) is 0 Å². The Bertz CT molecular complexity index is 381. The van der Waals surface area contributed by atoms with Gasteiger partial charge in [-0.05, 0) is 46.5 Å². The predicted molar refractivity (Wildman–Crippen MR) is 73.8 cm³/mol. The van der Waals surface area contributed by atoms with Crippen molar-refractivity contribution < 1.29 is 19.1 Å². The average molecular weight is 284 g/mol. The molecular weight excluding hydrogens is 260 g/mol. The maximum atomic E-state index is 12.2. The smallest absolute Gasteiger partial charge is 0.328 e. The lowest BCUT2D eigenvalue weighted by atomic mass is 10.1. The Morgan fingerprint density at radius 2 is 1.60 bits per heavy atom. The molecule has 1 aliphatic rings. The van der Waals surface area contributed by atoms with Crippen molar-refractivity contribution >= 4 is 17.8 Å². The van der Waals surface area contributed by atoms with E-state index in [1.807, 2.05) is 27.7 Å². The van der Waals surface area contributed by atoms with Gasteiger partial charge in [-0.25, -0.2) is 4.79 Å². The number of nitrogens with one attached hydrogen (secondary N) is 1.